The molecule has 0 saturated carbocycles. The Morgan fingerprint density at radius 3 is 2.55 bits per heavy atom. The van der Waals surface area contributed by atoms with Gasteiger partial charge in [-0.15, -0.1) is 0 Å². The zero-order valence-corrected chi connectivity index (χ0v) is 7.19. The molecule has 0 bridgehead atoms. The summed E-state index contributed by atoms with van der Waals surface area (Å²) in [6, 6.07) is 2.07. The molecule has 0 atom stereocenters. The summed E-state index contributed by atoms with van der Waals surface area (Å²) in [5, 5.41) is 8.19. The minimum absolute atomic E-state index is 0.570. The summed E-state index contributed by atoms with van der Waals surface area (Å²) in [5.74, 6) is 0. The quantitative estimate of drug-likeness (QED) is 0.429. The van der Waals surface area contributed by atoms with Gasteiger partial charge in [-0.25, -0.2) is 0 Å². The van der Waals surface area contributed by atoms with Crippen molar-refractivity contribution in [2.45, 2.75) is 32.6 Å². The monoisotopic (exact) mass is 155 g/mol. The topological polar surface area (TPSA) is 47.8 Å². The fourth-order valence-corrected chi connectivity index (χ4v) is 0.759. The van der Waals surface area contributed by atoms with E-state index in [0.29, 0.717) is 6.42 Å². The molecular weight excluding hydrogens is 138 g/mol. The Kier molecular flexibility index (Phi) is 8.91. The molecule has 0 fully saturated rings. The molecule has 0 amide bonds. The van der Waals surface area contributed by atoms with Crippen LogP contribution in [0.5, 0.6) is 0 Å². The van der Waals surface area contributed by atoms with Crippen molar-refractivity contribution in [3.05, 3.63) is 0 Å². The third kappa shape index (κ3) is 9.41. The van der Waals surface area contributed by atoms with Crippen LogP contribution in [-0.4, -0.2) is 13.1 Å². The second-order valence-corrected chi connectivity index (χ2v) is 2.47. The highest BCUT2D eigenvalue weighted by molar-refractivity contribution is 4.68. The summed E-state index contributed by atoms with van der Waals surface area (Å²) in [6.07, 6.45) is 4.30. The van der Waals surface area contributed by atoms with E-state index in [2.05, 4.69) is 23.8 Å². The largest absolute Gasteiger partial charge is 0.258 e. The molecule has 0 aliphatic heterocycles. The maximum atomic E-state index is 8.19. The van der Waals surface area contributed by atoms with E-state index in [9.17, 15) is 0 Å². The Labute approximate surface area is 68.8 Å². The summed E-state index contributed by atoms with van der Waals surface area (Å²) in [7, 11) is 0. The third-order valence-electron chi connectivity index (χ3n) is 1.39. The van der Waals surface area contributed by atoms with Crippen molar-refractivity contribution in [2.75, 3.05) is 13.1 Å². The highest BCUT2D eigenvalue weighted by atomic mass is 15.3. The zero-order chi connectivity index (χ0) is 8.36. The standard InChI is InChI=1S/C8H17N3/c1-2-3-4-7-10-11-8-5-6-9/h10-11H,2-5,7-8H2,1H3. The van der Waals surface area contributed by atoms with Crippen LogP contribution in [0.4, 0.5) is 0 Å². The average Bonchev–Trinajstić information content (AvgIpc) is 2.03. The molecule has 3 nitrogen and oxygen atoms in total. The molecule has 11 heavy (non-hydrogen) atoms. The molecule has 0 unspecified atom stereocenters. The first kappa shape index (κ1) is 10.4. The van der Waals surface area contributed by atoms with Crippen LogP contribution in [0.1, 0.15) is 32.6 Å². The predicted octanol–water partition coefficient (Wildman–Crippen LogP) is 1.18. The van der Waals surface area contributed by atoms with Crippen LogP contribution in [-0.2, 0) is 0 Å². The lowest BCUT2D eigenvalue weighted by Gasteiger charge is -2.03. The fourth-order valence-electron chi connectivity index (χ4n) is 0.759. The Bertz CT molecular complexity index is 106. The number of nitriles is 1. The molecule has 0 aromatic carbocycles. The van der Waals surface area contributed by atoms with E-state index in [0.717, 1.165) is 13.1 Å². The van der Waals surface area contributed by atoms with Gasteiger partial charge in [-0.2, -0.15) is 5.26 Å². The van der Waals surface area contributed by atoms with Gasteiger partial charge in [0.25, 0.3) is 0 Å². The lowest BCUT2D eigenvalue weighted by Crippen LogP contribution is -2.33. The summed E-state index contributed by atoms with van der Waals surface area (Å²) in [4.78, 5) is 0. The van der Waals surface area contributed by atoms with E-state index in [1.165, 1.54) is 19.3 Å². The first-order valence-electron chi connectivity index (χ1n) is 4.24. The lowest BCUT2D eigenvalue weighted by molar-refractivity contribution is 0.516. The maximum Gasteiger partial charge on any atom is 0.0635 e. The second kappa shape index (κ2) is 9.41. The van der Waals surface area contributed by atoms with Crippen molar-refractivity contribution >= 4 is 0 Å². The molecule has 3 heteroatoms. The lowest BCUT2D eigenvalue weighted by atomic mass is 10.2. The number of hydrogen-bond acceptors (Lipinski definition) is 3. The third-order valence-corrected chi connectivity index (χ3v) is 1.39. The van der Waals surface area contributed by atoms with Gasteiger partial charge in [0.05, 0.1) is 6.07 Å². The second-order valence-electron chi connectivity index (χ2n) is 2.47. The van der Waals surface area contributed by atoms with E-state index < -0.39 is 0 Å². The van der Waals surface area contributed by atoms with Crippen molar-refractivity contribution in [1.82, 2.24) is 10.9 Å². The Morgan fingerprint density at radius 2 is 1.91 bits per heavy atom. The first-order chi connectivity index (χ1) is 5.41. The highest BCUT2D eigenvalue weighted by Crippen LogP contribution is 1.89. The highest BCUT2D eigenvalue weighted by Gasteiger charge is 1.85. The molecule has 0 radical (unpaired) electrons. The van der Waals surface area contributed by atoms with Gasteiger partial charge in [0.15, 0.2) is 0 Å². The van der Waals surface area contributed by atoms with E-state index >= 15 is 0 Å². The summed E-state index contributed by atoms with van der Waals surface area (Å²) in [6.45, 7) is 3.92. The molecule has 0 aromatic heterocycles. The van der Waals surface area contributed by atoms with Gasteiger partial charge in [-0.05, 0) is 6.42 Å². The molecule has 0 aliphatic carbocycles. The van der Waals surface area contributed by atoms with Gasteiger partial charge in [-0.3, -0.25) is 10.9 Å². The van der Waals surface area contributed by atoms with Crippen molar-refractivity contribution in [3.8, 4) is 6.07 Å². The van der Waals surface area contributed by atoms with Crippen molar-refractivity contribution in [2.24, 2.45) is 0 Å². The number of hydrogen-bond donors (Lipinski definition) is 2. The smallest absolute Gasteiger partial charge is 0.0635 e. The number of nitrogens with one attached hydrogen (secondary N) is 2. The van der Waals surface area contributed by atoms with Crippen LogP contribution in [0.3, 0.4) is 0 Å². The van der Waals surface area contributed by atoms with E-state index in [-0.39, 0.29) is 0 Å². The SMILES string of the molecule is CCCCCNNCCC#N. The first-order valence-corrected chi connectivity index (χ1v) is 4.24. The normalized spacial score (nSPS) is 9.45. The van der Waals surface area contributed by atoms with Crippen LogP contribution in [0.2, 0.25) is 0 Å². The van der Waals surface area contributed by atoms with Gasteiger partial charge in [0, 0.05) is 19.5 Å². The van der Waals surface area contributed by atoms with Crippen LogP contribution in [0.25, 0.3) is 0 Å². The van der Waals surface area contributed by atoms with Crippen LogP contribution >= 0.6 is 0 Å². The van der Waals surface area contributed by atoms with Crippen LogP contribution in [0, 0.1) is 11.3 Å². The van der Waals surface area contributed by atoms with Gasteiger partial charge < -0.3 is 0 Å². The van der Waals surface area contributed by atoms with Crippen LogP contribution < -0.4 is 10.9 Å². The minimum Gasteiger partial charge on any atom is -0.258 e. The maximum absolute atomic E-state index is 8.19. The molecule has 64 valence electrons. The fraction of sp³-hybridized carbons (Fsp3) is 0.875. The minimum atomic E-state index is 0.570. The van der Waals surface area contributed by atoms with E-state index in [1.54, 1.807) is 0 Å². The molecular formula is C8H17N3. The molecule has 0 spiro atoms. The van der Waals surface area contributed by atoms with Crippen molar-refractivity contribution in [1.29, 1.82) is 5.26 Å². The van der Waals surface area contributed by atoms with E-state index in [1.807, 2.05) is 0 Å². The Balaban J connectivity index is 2.75. The molecule has 0 heterocycles. The van der Waals surface area contributed by atoms with Gasteiger partial charge in [0.1, 0.15) is 0 Å². The average molecular weight is 155 g/mol. The zero-order valence-electron chi connectivity index (χ0n) is 7.19. The van der Waals surface area contributed by atoms with Crippen LogP contribution in [0.15, 0.2) is 0 Å². The molecule has 0 aromatic rings. The summed E-state index contributed by atoms with van der Waals surface area (Å²) < 4.78 is 0. The van der Waals surface area contributed by atoms with Gasteiger partial charge in [0.2, 0.25) is 0 Å². The number of rotatable bonds is 7. The summed E-state index contributed by atoms with van der Waals surface area (Å²) >= 11 is 0. The number of nitrogens with zero attached hydrogens (tertiary/aromatic N) is 1. The van der Waals surface area contributed by atoms with Gasteiger partial charge in [-0.1, -0.05) is 19.8 Å². The van der Waals surface area contributed by atoms with Crippen molar-refractivity contribution < 1.29 is 0 Å². The summed E-state index contributed by atoms with van der Waals surface area (Å²) in [5.41, 5.74) is 6.03. The van der Waals surface area contributed by atoms with Gasteiger partial charge >= 0.3 is 0 Å². The van der Waals surface area contributed by atoms with E-state index in [4.69, 9.17) is 5.26 Å². The molecule has 2 N–H and O–H groups in total. The molecule has 0 rings (SSSR count). The Hall–Kier alpha value is -0.590. The number of unbranched alkanes of at least 4 members (excludes halogenated alkanes) is 2. The predicted molar refractivity (Wildman–Crippen MR) is 45.8 cm³/mol. The molecule has 0 aliphatic rings. The molecule has 0 saturated heterocycles. The van der Waals surface area contributed by atoms with Crippen molar-refractivity contribution in [3.63, 3.8) is 0 Å². The Morgan fingerprint density at radius 1 is 1.18 bits per heavy atom. The number of hydrazine groups is 1.